The van der Waals surface area contributed by atoms with Crippen LogP contribution in [0.15, 0.2) is 31.8 Å². The molecule has 0 aliphatic carbocycles. The van der Waals surface area contributed by atoms with E-state index in [4.69, 9.17) is 5.73 Å². The summed E-state index contributed by atoms with van der Waals surface area (Å²) in [5.41, 5.74) is 6.72. The lowest BCUT2D eigenvalue weighted by atomic mass is 10.1. The largest absolute Gasteiger partial charge is 0.328 e. The lowest BCUT2D eigenvalue weighted by Gasteiger charge is -2.10. The summed E-state index contributed by atoms with van der Waals surface area (Å²) in [6.07, 6.45) is 2.61. The van der Waals surface area contributed by atoms with Crippen molar-refractivity contribution in [2.45, 2.75) is 33.0 Å². The van der Waals surface area contributed by atoms with Gasteiger partial charge < -0.3 is 5.73 Å². The van der Waals surface area contributed by atoms with Crippen molar-refractivity contribution in [1.29, 1.82) is 0 Å². The number of thioether (sulfide) groups is 1. The van der Waals surface area contributed by atoms with Crippen LogP contribution in [0.5, 0.6) is 0 Å². The second-order valence-corrected chi connectivity index (χ2v) is 7.39. The number of nitrogens with zero attached hydrogens (tertiary/aromatic N) is 2. The molecule has 19 heavy (non-hydrogen) atoms. The first-order chi connectivity index (χ1) is 9.08. The van der Waals surface area contributed by atoms with Gasteiger partial charge in [-0.15, -0.1) is 10.2 Å². The minimum Gasteiger partial charge on any atom is -0.328 e. The van der Waals surface area contributed by atoms with Crippen molar-refractivity contribution in [3.05, 3.63) is 29.6 Å². The molecule has 2 rings (SSSR count). The molecule has 7 heteroatoms. The Kier molecular flexibility index (Phi) is 5.20. The molecule has 0 saturated heterocycles. The van der Waals surface area contributed by atoms with Crippen LogP contribution in [-0.2, 0) is 6.42 Å². The maximum atomic E-state index is 13.3. The van der Waals surface area contributed by atoms with Crippen molar-refractivity contribution in [2.75, 3.05) is 6.26 Å². The molecule has 0 radical (unpaired) electrons. The normalized spacial score (nSPS) is 12.6. The zero-order valence-corrected chi connectivity index (χ0v) is 13.0. The van der Waals surface area contributed by atoms with Crippen LogP contribution < -0.4 is 5.73 Å². The predicted molar refractivity (Wildman–Crippen MR) is 79.6 cm³/mol. The van der Waals surface area contributed by atoms with Gasteiger partial charge in [0.2, 0.25) is 0 Å². The van der Waals surface area contributed by atoms with E-state index in [1.54, 1.807) is 23.9 Å². The Labute approximate surface area is 124 Å². The molecule has 102 valence electrons. The fraction of sp³-hybridized carbons (Fsp3) is 0.333. The van der Waals surface area contributed by atoms with Gasteiger partial charge in [-0.3, -0.25) is 0 Å². The maximum Gasteiger partial charge on any atom is 0.179 e. The number of aromatic nitrogens is 2. The number of nitrogens with two attached hydrogens (primary N) is 1. The molecule has 0 spiro atoms. The third-order valence-electron chi connectivity index (χ3n) is 2.32. The summed E-state index contributed by atoms with van der Waals surface area (Å²) >= 11 is 4.62. The summed E-state index contributed by atoms with van der Waals surface area (Å²) in [5, 5.41) is 8.16. The van der Waals surface area contributed by atoms with Gasteiger partial charge >= 0.3 is 0 Å². The summed E-state index contributed by atoms with van der Waals surface area (Å²) in [6, 6.07) is 4.78. The van der Waals surface area contributed by atoms with E-state index in [0.717, 1.165) is 19.1 Å². The predicted octanol–water partition coefficient (Wildman–Crippen LogP) is 3.44. The van der Waals surface area contributed by atoms with Crippen molar-refractivity contribution in [3.8, 4) is 0 Å². The first-order valence-corrected chi connectivity index (χ1v) is 8.53. The molecule has 0 aliphatic rings. The molecule has 3 nitrogen and oxygen atoms in total. The van der Waals surface area contributed by atoms with Gasteiger partial charge in [-0.1, -0.05) is 34.9 Å². The van der Waals surface area contributed by atoms with Gasteiger partial charge in [-0.25, -0.2) is 4.39 Å². The van der Waals surface area contributed by atoms with Crippen molar-refractivity contribution in [3.63, 3.8) is 0 Å². The quantitative estimate of drug-likeness (QED) is 0.857. The number of rotatable bonds is 5. The van der Waals surface area contributed by atoms with Crippen LogP contribution >= 0.6 is 34.9 Å². The highest BCUT2D eigenvalue weighted by Gasteiger charge is 2.11. The van der Waals surface area contributed by atoms with Crippen LogP contribution in [-0.4, -0.2) is 22.5 Å². The highest BCUT2D eigenvalue weighted by molar-refractivity contribution is 8.03. The second-order valence-electron chi connectivity index (χ2n) is 4.07. The van der Waals surface area contributed by atoms with Crippen LogP contribution in [0.25, 0.3) is 0 Å². The van der Waals surface area contributed by atoms with Crippen molar-refractivity contribution >= 4 is 34.9 Å². The lowest BCUT2D eigenvalue weighted by Crippen LogP contribution is -2.18. The van der Waals surface area contributed by atoms with Crippen LogP contribution in [0, 0.1) is 5.82 Å². The Morgan fingerprint density at radius 1 is 1.37 bits per heavy atom. The number of hydrogen-bond acceptors (Lipinski definition) is 6. The molecule has 2 aromatic rings. The summed E-state index contributed by atoms with van der Waals surface area (Å²) in [4.78, 5) is 0.988. The molecular formula is C12H14FN3S3. The third-order valence-corrected chi connectivity index (χ3v) is 5.39. The SMILES string of the molecule is CSc1nnc(Sc2ccc(F)cc2CC(C)N)s1. The molecular weight excluding hydrogens is 301 g/mol. The molecule has 1 heterocycles. The molecule has 1 aromatic heterocycles. The third kappa shape index (κ3) is 4.17. The number of benzene rings is 1. The standard InChI is InChI=1S/C12H14FN3S3/c1-7(14)5-8-6-9(13)3-4-10(8)18-12-16-15-11(17-2)19-12/h3-4,6-7H,5,14H2,1-2H3. The fourth-order valence-corrected chi connectivity index (χ4v) is 4.08. The summed E-state index contributed by atoms with van der Waals surface area (Å²) < 4.78 is 15.1. The first-order valence-electron chi connectivity index (χ1n) is 5.68. The number of halogens is 1. The van der Waals surface area contributed by atoms with Crippen LogP contribution in [0.3, 0.4) is 0 Å². The van der Waals surface area contributed by atoms with Gasteiger partial charge in [-0.05, 0) is 43.4 Å². The van der Waals surface area contributed by atoms with E-state index < -0.39 is 0 Å². The van der Waals surface area contributed by atoms with Gasteiger partial charge in [0, 0.05) is 10.9 Å². The van der Waals surface area contributed by atoms with Gasteiger partial charge in [0.1, 0.15) is 5.82 Å². The van der Waals surface area contributed by atoms with Crippen molar-refractivity contribution < 1.29 is 4.39 Å². The minimum absolute atomic E-state index is 0.00247. The van der Waals surface area contributed by atoms with E-state index in [1.807, 2.05) is 13.2 Å². The Morgan fingerprint density at radius 2 is 2.11 bits per heavy atom. The highest BCUT2D eigenvalue weighted by atomic mass is 32.2. The summed E-state index contributed by atoms with van der Waals surface area (Å²) in [7, 11) is 0. The molecule has 0 saturated carbocycles. The van der Waals surface area contributed by atoms with Crippen LogP contribution in [0.2, 0.25) is 0 Å². The molecule has 2 N–H and O–H groups in total. The average molecular weight is 315 g/mol. The second kappa shape index (κ2) is 6.69. The van der Waals surface area contributed by atoms with Crippen LogP contribution in [0.1, 0.15) is 12.5 Å². The van der Waals surface area contributed by atoms with E-state index in [1.165, 1.54) is 29.2 Å². The van der Waals surface area contributed by atoms with E-state index >= 15 is 0 Å². The van der Waals surface area contributed by atoms with Crippen molar-refractivity contribution in [2.24, 2.45) is 5.73 Å². The van der Waals surface area contributed by atoms with E-state index in [0.29, 0.717) is 6.42 Å². The Morgan fingerprint density at radius 3 is 2.74 bits per heavy atom. The van der Waals surface area contributed by atoms with Crippen LogP contribution in [0.4, 0.5) is 4.39 Å². The van der Waals surface area contributed by atoms with Gasteiger partial charge in [0.05, 0.1) is 0 Å². The zero-order valence-electron chi connectivity index (χ0n) is 10.6. The molecule has 0 aliphatic heterocycles. The van der Waals surface area contributed by atoms with E-state index in [-0.39, 0.29) is 11.9 Å². The molecule has 1 aromatic carbocycles. The maximum absolute atomic E-state index is 13.3. The summed E-state index contributed by atoms with van der Waals surface area (Å²) in [5.74, 6) is -0.234. The molecule has 1 atom stereocenters. The minimum atomic E-state index is -0.234. The van der Waals surface area contributed by atoms with E-state index in [2.05, 4.69) is 10.2 Å². The molecule has 0 fully saturated rings. The Bertz CT molecular complexity index is 557. The fourth-order valence-electron chi connectivity index (χ4n) is 1.57. The molecule has 0 amide bonds. The topological polar surface area (TPSA) is 51.8 Å². The highest BCUT2D eigenvalue weighted by Crippen LogP contribution is 2.35. The molecule has 1 unspecified atom stereocenters. The van der Waals surface area contributed by atoms with Gasteiger partial charge in [0.15, 0.2) is 8.68 Å². The monoisotopic (exact) mass is 315 g/mol. The average Bonchev–Trinajstić information content (AvgIpc) is 2.80. The Hall–Kier alpha value is -0.630. The van der Waals surface area contributed by atoms with Gasteiger partial charge in [0.25, 0.3) is 0 Å². The number of hydrogen-bond donors (Lipinski definition) is 1. The first kappa shape index (κ1) is 14.8. The summed E-state index contributed by atoms with van der Waals surface area (Å²) in [6.45, 7) is 1.91. The molecule has 0 bridgehead atoms. The van der Waals surface area contributed by atoms with Gasteiger partial charge in [-0.2, -0.15) is 0 Å². The Balaban J connectivity index is 2.23. The lowest BCUT2D eigenvalue weighted by molar-refractivity contribution is 0.620. The van der Waals surface area contributed by atoms with Crippen molar-refractivity contribution in [1.82, 2.24) is 10.2 Å². The smallest absolute Gasteiger partial charge is 0.179 e. The van der Waals surface area contributed by atoms with E-state index in [9.17, 15) is 4.39 Å². The zero-order chi connectivity index (χ0) is 13.8.